The van der Waals surface area contributed by atoms with Crippen LogP contribution in [0.1, 0.15) is 5.56 Å². The van der Waals surface area contributed by atoms with E-state index in [1.165, 1.54) is 6.08 Å². The molecule has 4 rings (SSSR count). The summed E-state index contributed by atoms with van der Waals surface area (Å²) in [6.45, 7) is 0. The molecule has 0 atom stereocenters. The number of carbonyl (C=O) groups excluding carboxylic acids is 1. The Kier molecular flexibility index (Phi) is 6.57. The summed E-state index contributed by atoms with van der Waals surface area (Å²) < 4.78 is 10.6. The number of benzene rings is 2. The Bertz CT molecular complexity index is 1250. The number of nitrogens with zero attached hydrogens (tertiary/aromatic N) is 2. The van der Waals surface area contributed by atoms with E-state index in [0.717, 1.165) is 27.4 Å². The molecule has 0 aliphatic carbocycles. The van der Waals surface area contributed by atoms with Gasteiger partial charge >= 0.3 is 0 Å². The van der Waals surface area contributed by atoms with Crippen LogP contribution in [-0.2, 0) is 4.79 Å². The molecule has 0 aliphatic heterocycles. The minimum absolute atomic E-state index is 0.240. The highest BCUT2D eigenvalue weighted by Gasteiger charge is 2.08. The van der Waals surface area contributed by atoms with Crippen molar-refractivity contribution in [3.05, 3.63) is 84.0 Å². The molecule has 0 unspecified atom stereocenters. The van der Waals surface area contributed by atoms with Crippen LogP contribution < -0.4 is 14.8 Å². The molecule has 2 aromatic carbocycles. The molecule has 4 aromatic rings. The van der Waals surface area contributed by atoms with Crippen molar-refractivity contribution in [3.63, 3.8) is 0 Å². The van der Waals surface area contributed by atoms with E-state index in [-0.39, 0.29) is 5.91 Å². The van der Waals surface area contributed by atoms with Crippen molar-refractivity contribution in [1.82, 2.24) is 9.97 Å². The average molecular weight is 444 g/mol. The maximum Gasteiger partial charge on any atom is 0.248 e. The Morgan fingerprint density at radius 3 is 2.62 bits per heavy atom. The van der Waals surface area contributed by atoms with Gasteiger partial charge in [-0.05, 0) is 42.5 Å². The van der Waals surface area contributed by atoms with E-state index in [2.05, 4.69) is 10.3 Å². The molecule has 0 fully saturated rings. The largest absolute Gasteiger partial charge is 0.497 e. The minimum Gasteiger partial charge on any atom is -0.497 e. The topological polar surface area (TPSA) is 73.3 Å². The number of carbonyl (C=O) groups is 1. The number of ether oxygens (including phenoxy) is 2. The molecule has 0 spiro atoms. The van der Waals surface area contributed by atoms with Gasteiger partial charge in [-0.3, -0.25) is 9.78 Å². The van der Waals surface area contributed by atoms with Gasteiger partial charge in [0.1, 0.15) is 16.5 Å². The van der Waals surface area contributed by atoms with Crippen LogP contribution in [0, 0.1) is 0 Å². The molecule has 32 heavy (non-hydrogen) atoms. The number of nitrogens with one attached hydrogen (secondary N) is 1. The Hall–Kier alpha value is -3.97. The summed E-state index contributed by atoms with van der Waals surface area (Å²) in [5.74, 6) is 1.08. The highest BCUT2D eigenvalue weighted by molar-refractivity contribution is 7.13. The van der Waals surface area contributed by atoms with Crippen LogP contribution in [0.3, 0.4) is 0 Å². The van der Waals surface area contributed by atoms with E-state index in [1.54, 1.807) is 50.1 Å². The van der Waals surface area contributed by atoms with Crippen LogP contribution in [0.2, 0.25) is 0 Å². The highest BCUT2D eigenvalue weighted by Crippen LogP contribution is 2.30. The third kappa shape index (κ3) is 5.01. The molecule has 2 heterocycles. The van der Waals surface area contributed by atoms with E-state index >= 15 is 0 Å². The van der Waals surface area contributed by atoms with E-state index in [4.69, 9.17) is 14.5 Å². The van der Waals surface area contributed by atoms with Crippen molar-refractivity contribution >= 4 is 29.0 Å². The van der Waals surface area contributed by atoms with Gasteiger partial charge in [0.15, 0.2) is 0 Å². The number of hydrogen-bond acceptors (Lipinski definition) is 6. The average Bonchev–Trinajstić information content (AvgIpc) is 3.34. The Morgan fingerprint density at radius 2 is 1.84 bits per heavy atom. The van der Waals surface area contributed by atoms with Crippen molar-refractivity contribution < 1.29 is 14.3 Å². The number of aromatic nitrogens is 2. The number of methoxy groups -OCH3 is 2. The van der Waals surface area contributed by atoms with Gasteiger partial charge in [-0.25, -0.2) is 4.98 Å². The van der Waals surface area contributed by atoms with Gasteiger partial charge in [0.25, 0.3) is 0 Å². The molecule has 0 saturated heterocycles. The second-order valence-electron chi connectivity index (χ2n) is 6.79. The first-order chi connectivity index (χ1) is 15.7. The predicted molar refractivity (Wildman–Crippen MR) is 128 cm³/mol. The molecule has 7 heteroatoms. The van der Waals surface area contributed by atoms with Gasteiger partial charge in [0.2, 0.25) is 5.91 Å². The lowest BCUT2D eigenvalue weighted by atomic mass is 10.1. The summed E-state index contributed by atoms with van der Waals surface area (Å²) in [5.41, 5.74) is 4.29. The first-order valence-corrected chi connectivity index (χ1v) is 10.7. The minimum atomic E-state index is -0.240. The van der Waals surface area contributed by atoms with E-state index in [0.29, 0.717) is 17.2 Å². The third-order valence-corrected chi connectivity index (χ3v) is 5.60. The molecule has 0 radical (unpaired) electrons. The summed E-state index contributed by atoms with van der Waals surface area (Å²) in [5, 5.41) is 5.83. The van der Waals surface area contributed by atoms with Crippen molar-refractivity contribution in [1.29, 1.82) is 0 Å². The molecule has 2 aromatic heterocycles. The maximum absolute atomic E-state index is 12.5. The van der Waals surface area contributed by atoms with Crippen molar-refractivity contribution in [3.8, 4) is 33.3 Å². The molecular formula is C25H21N3O3S. The van der Waals surface area contributed by atoms with Gasteiger partial charge in [-0.1, -0.05) is 12.1 Å². The van der Waals surface area contributed by atoms with Crippen molar-refractivity contribution in [2.75, 3.05) is 19.5 Å². The van der Waals surface area contributed by atoms with Gasteiger partial charge in [-0.2, -0.15) is 0 Å². The van der Waals surface area contributed by atoms with Crippen LogP contribution in [0.15, 0.2) is 78.4 Å². The van der Waals surface area contributed by atoms with Crippen molar-refractivity contribution in [2.24, 2.45) is 0 Å². The number of rotatable bonds is 7. The zero-order valence-electron chi connectivity index (χ0n) is 17.6. The summed E-state index contributed by atoms with van der Waals surface area (Å²) >= 11 is 1.57. The second-order valence-corrected chi connectivity index (χ2v) is 7.64. The summed E-state index contributed by atoms with van der Waals surface area (Å²) in [6.07, 6.45) is 6.68. The molecule has 0 bridgehead atoms. The fourth-order valence-electron chi connectivity index (χ4n) is 3.10. The molecule has 0 saturated carbocycles. The lowest BCUT2D eigenvalue weighted by Gasteiger charge is -2.07. The number of pyridine rings is 1. The van der Waals surface area contributed by atoms with Gasteiger partial charge < -0.3 is 14.8 Å². The van der Waals surface area contributed by atoms with Gasteiger partial charge in [0.05, 0.1) is 19.9 Å². The van der Waals surface area contributed by atoms with E-state index in [1.807, 2.05) is 53.9 Å². The normalized spacial score (nSPS) is 10.8. The first kappa shape index (κ1) is 21.3. The summed E-state index contributed by atoms with van der Waals surface area (Å²) in [7, 11) is 3.17. The first-order valence-electron chi connectivity index (χ1n) is 9.84. The standard InChI is InChI=1S/C25H21N3O3S/c1-30-21-8-6-17(23(15-21)31-2)7-9-24(29)27-20-5-3-4-19(14-20)22-16-32-25(28-22)18-10-12-26-13-11-18/h3-16H,1-2H3,(H,27,29)/b9-7+. The summed E-state index contributed by atoms with van der Waals surface area (Å²) in [4.78, 5) is 21.2. The smallest absolute Gasteiger partial charge is 0.248 e. The predicted octanol–water partition coefficient (Wildman–Crippen LogP) is 5.54. The monoisotopic (exact) mass is 443 g/mol. The van der Waals surface area contributed by atoms with Crippen LogP contribution in [-0.4, -0.2) is 30.1 Å². The number of thiazole rings is 1. The Morgan fingerprint density at radius 1 is 1.00 bits per heavy atom. The second kappa shape index (κ2) is 9.89. The van der Waals surface area contributed by atoms with Crippen LogP contribution in [0.4, 0.5) is 5.69 Å². The Balaban J connectivity index is 1.47. The van der Waals surface area contributed by atoms with Crippen molar-refractivity contribution in [2.45, 2.75) is 0 Å². The maximum atomic E-state index is 12.5. The van der Waals surface area contributed by atoms with Crippen LogP contribution >= 0.6 is 11.3 Å². The van der Waals surface area contributed by atoms with Gasteiger partial charge in [-0.15, -0.1) is 11.3 Å². The summed E-state index contributed by atoms with van der Waals surface area (Å²) in [6, 6.07) is 16.9. The molecule has 6 nitrogen and oxygen atoms in total. The van der Waals surface area contributed by atoms with E-state index in [9.17, 15) is 4.79 Å². The SMILES string of the molecule is COc1ccc(/C=C/C(=O)Nc2cccc(-c3csc(-c4ccncc4)n3)c2)c(OC)c1. The molecular weight excluding hydrogens is 422 g/mol. The third-order valence-electron chi connectivity index (χ3n) is 4.71. The van der Waals surface area contributed by atoms with Crippen LogP contribution in [0.25, 0.3) is 27.9 Å². The Labute approximate surface area is 190 Å². The molecule has 1 amide bonds. The van der Waals surface area contributed by atoms with Crippen LogP contribution in [0.5, 0.6) is 11.5 Å². The molecule has 1 N–H and O–H groups in total. The zero-order valence-corrected chi connectivity index (χ0v) is 18.4. The fraction of sp³-hybridized carbons (Fsp3) is 0.0800. The zero-order chi connectivity index (χ0) is 22.3. The number of amides is 1. The number of anilines is 1. The molecule has 160 valence electrons. The fourth-order valence-corrected chi connectivity index (χ4v) is 3.93. The highest BCUT2D eigenvalue weighted by atomic mass is 32.1. The lowest BCUT2D eigenvalue weighted by molar-refractivity contribution is -0.111. The molecule has 0 aliphatic rings. The quantitative estimate of drug-likeness (QED) is 0.380. The number of hydrogen-bond donors (Lipinski definition) is 1. The lowest BCUT2D eigenvalue weighted by Crippen LogP contribution is -2.07. The van der Waals surface area contributed by atoms with Gasteiger partial charge in [0, 0.05) is 52.3 Å². The van der Waals surface area contributed by atoms with E-state index < -0.39 is 0 Å².